The van der Waals surface area contributed by atoms with Gasteiger partial charge in [-0.15, -0.1) is 0 Å². The highest BCUT2D eigenvalue weighted by Crippen LogP contribution is 2.18. The third-order valence-electron chi connectivity index (χ3n) is 3.73. The number of fused-ring (bicyclic) bond motifs is 1. The van der Waals surface area contributed by atoms with E-state index in [1.807, 2.05) is 0 Å². The SMILES string of the molecule is COc1ccc(CCn2c(=O)[nH]c3ccccc3c2=O)cc1F. The van der Waals surface area contributed by atoms with Crippen LogP contribution in [0.2, 0.25) is 0 Å². The first-order valence-corrected chi connectivity index (χ1v) is 7.14. The number of nitrogens with one attached hydrogen (secondary N) is 1. The van der Waals surface area contributed by atoms with E-state index >= 15 is 0 Å². The zero-order valence-corrected chi connectivity index (χ0v) is 12.5. The van der Waals surface area contributed by atoms with Crippen molar-refractivity contribution in [1.82, 2.24) is 9.55 Å². The average molecular weight is 314 g/mol. The molecule has 1 heterocycles. The maximum atomic E-state index is 13.7. The van der Waals surface area contributed by atoms with Crippen molar-refractivity contribution in [3.05, 3.63) is 74.7 Å². The van der Waals surface area contributed by atoms with Crippen molar-refractivity contribution in [2.24, 2.45) is 0 Å². The molecule has 6 heteroatoms. The summed E-state index contributed by atoms with van der Waals surface area (Å²) in [6.07, 6.45) is 0.363. The van der Waals surface area contributed by atoms with Gasteiger partial charge in [0.15, 0.2) is 11.6 Å². The van der Waals surface area contributed by atoms with E-state index in [1.54, 1.807) is 30.3 Å². The van der Waals surface area contributed by atoms with Crippen LogP contribution < -0.4 is 16.0 Å². The smallest absolute Gasteiger partial charge is 0.328 e. The van der Waals surface area contributed by atoms with Crippen molar-refractivity contribution < 1.29 is 9.13 Å². The Morgan fingerprint density at radius 2 is 1.96 bits per heavy atom. The van der Waals surface area contributed by atoms with Gasteiger partial charge in [-0.05, 0) is 36.2 Å². The molecule has 0 aliphatic rings. The summed E-state index contributed by atoms with van der Waals surface area (Å²) in [5.41, 5.74) is 0.373. The molecule has 0 fully saturated rings. The number of aryl methyl sites for hydroxylation is 1. The van der Waals surface area contributed by atoms with Gasteiger partial charge in [0, 0.05) is 6.54 Å². The van der Waals surface area contributed by atoms with Crippen LogP contribution in [0, 0.1) is 5.82 Å². The molecular weight excluding hydrogens is 299 g/mol. The number of aromatic amines is 1. The van der Waals surface area contributed by atoms with Gasteiger partial charge in [0.25, 0.3) is 5.56 Å². The molecule has 3 aromatic rings. The van der Waals surface area contributed by atoms with Crippen molar-refractivity contribution in [3.63, 3.8) is 0 Å². The first kappa shape index (κ1) is 15.0. The van der Waals surface area contributed by atoms with Gasteiger partial charge in [-0.3, -0.25) is 9.36 Å². The predicted octanol–water partition coefficient (Wildman–Crippen LogP) is 2.08. The lowest BCUT2D eigenvalue weighted by Gasteiger charge is -2.08. The topological polar surface area (TPSA) is 64.1 Å². The Hall–Kier alpha value is -2.89. The minimum absolute atomic E-state index is 0.162. The normalized spacial score (nSPS) is 10.9. The van der Waals surface area contributed by atoms with Gasteiger partial charge in [-0.25, -0.2) is 9.18 Å². The Labute approximate surface area is 131 Å². The van der Waals surface area contributed by atoms with E-state index in [2.05, 4.69) is 4.98 Å². The first-order chi connectivity index (χ1) is 11.1. The van der Waals surface area contributed by atoms with Crippen molar-refractivity contribution in [3.8, 4) is 5.75 Å². The summed E-state index contributed by atoms with van der Waals surface area (Å²) in [6.45, 7) is 0.171. The number of nitrogens with zero attached hydrogens (tertiary/aromatic N) is 1. The van der Waals surface area contributed by atoms with E-state index in [-0.39, 0.29) is 17.9 Å². The van der Waals surface area contributed by atoms with Gasteiger partial charge in [0.2, 0.25) is 0 Å². The Bertz CT molecular complexity index is 975. The summed E-state index contributed by atoms with van der Waals surface area (Å²) in [5.74, 6) is -0.306. The van der Waals surface area contributed by atoms with Crippen molar-refractivity contribution in [2.45, 2.75) is 13.0 Å². The number of aromatic nitrogens is 2. The van der Waals surface area contributed by atoms with Crippen LogP contribution in [0.3, 0.4) is 0 Å². The zero-order valence-electron chi connectivity index (χ0n) is 12.5. The summed E-state index contributed by atoms with van der Waals surface area (Å²) in [7, 11) is 1.40. The van der Waals surface area contributed by atoms with Crippen LogP contribution in [0.1, 0.15) is 5.56 Å². The molecule has 2 aromatic carbocycles. The van der Waals surface area contributed by atoms with E-state index in [4.69, 9.17) is 4.74 Å². The number of rotatable bonds is 4. The largest absolute Gasteiger partial charge is 0.494 e. The lowest BCUT2D eigenvalue weighted by Crippen LogP contribution is -2.35. The number of ether oxygens (including phenoxy) is 1. The molecule has 0 unspecified atom stereocenters. The van der Waals surface area contributed by atoms with E-state index in [0.29, 0.717) is 22.9 Å². The number of benzene rings is 2. The van der Waals surface area contributed by atoms with Crippen LogP contribution in [-0.4, -0.2) is 16.7 Å². The minimum Gasteiger partial charge on any atom is -0.494 e. The molecule has 0 atom stereocenters. The molecule has 0 aliphatic heterocycles. The van der Waals surface area contributed by atoms with Gasteiger partial charge < -0.3 is 9.72 Å². The van der Waals surface area contributed by atoms with Gasteiger partial charge in [-0.1, -0.05) is 18.2 Å². The number of hydrogen-bond acceptors (Lipinski definition) is 3. The number of H-pyrrole nitrogens is 1. The second-order valence-electron chi connectivity index (χ2n) is 5.15. The maximum absolute atomic E-state index is 13.7. The number of para-hydroxylation sites is 1. The molecular formula is C17H15FN2O3. The Morgan fingerprint density at radius 3 is 2.70 bits per heavy atom. The molecule has 118 valence electrons. The first-order valence-electron chi connectivity index (χ1n) is 7.14. The third kappa shape index (κ3) is 2.88. The van der Waals surface area contributed by atoms with E-state index in [1.165, 1.54) is 19.2 Å². The molecule has 0 amide bonds. The molecule has 0 bridgehead atoms. The fourth-order valence-electron chi connectivity index (χ4n) is 2.51. The van der Waals surface area contributed by atoms with Crippen LogP contribution in [-0.2, 0) is 13.0 Å². The lowest BCUT2D eigenvalue weighted by atomic mass is 10.1. The quantitative estimate of drug-likeness (QED) is 0.802. The standard InChI is InChI=1S/C17H15FN2O3/c1-23-15-7-6-11(10-13(15)18)8-9-20-16(21)12-4-2-3-5-14(12)19-17(20)22/h2-7,10H,8-9H2,1H3,(H,19,22). The molecule has 0 saturated heterocycles. The maximum Gasteiger partial charge on any atom is 0.328 e. The monoisotopic (exact) mass is 314 g/mol. The van der Waals surface area contributed by atoms with Crippen molar-refractivity contribution in [2.75, 3.05) is 7.11 Å². The fourth-order valence-corrected chi connectivity index (χ4v) is 2.51. The highest BCUT2D eigenvalue weighted by molar-refractivity contribution is 5.76. The highest BCUT2D eigenvalue weighted by Gasteiger charge is 2.08. The van der Waals surface area contributed by atoms with Crippen molar-refractivity contribution in [1.29, 1.82) is 0 Å². The molecule has 1 aromatic heterocycles. The summed E-state index contributed by atoms with van der Waals surface area (Å²) in [5, 5.41) is 0.452. The molecule has 0 aliphatic carbocycles. The number of halogens is 1. The van der Waals surface area contributed by atoms with Crippen LogP contribution in [0.15, 0.2) is 52.1 Å². The summed E-state index contributed by atoms with van der Waals surface area (Å²) in [6, 6.07) is 11.4. The van der Waals surface area contributed by atoms with Gasteiger partial charge in [0.05, 0.1) is 18.0 Å². The van der Waals surface area contributed by atoms with E-state index < -0.39 is 11.5 Å². The second-order valence-corrected chi connectivity index (χ2v) is 5.15. The summed E-state index contributed by atoms with van der Waals surface area (Å²) >= 11 is 0. The van der Waals surface area contributed by atoms with Gasteiger partial charge >= 0.3 is 5.69 Å². The van der Waals surface area contributed by atoms with Gasteiger partial charge in [-0.2, -0.15) is 0 Å². The fraction of sp³-hybridized carbons (Fsp3) is 0.176. The van der Waals surface area contributed by atoms with Crippen molar-refractivity contribution >= 4 is 10.9 Å². The van der Waals surface area contributed by atoms with Crippen LogP contribution in [0.5, 0.6) is 5.75 Å². The van der Waals surface area contributed by atoms with Crippen LogP contribution >= 0.6 is 0 Å². The Morgan fingerprint density at radius 1 is 1.17 bits per heavy atom. The zero-order chi connectivity index (χ0) is 16.4. The highest BCUT2D eigenvalue weighted by atomic mass is 19.1. The molecule has 0 radical (unpaired) electrons. The van der Waals surface area contributed by atoms with Crippen LogP contribution in [0.25, 0.3) is 10.9 Å². The second kappa shape index (κ2) is 6.08. The number of methoxy groups -OCH3 is 1. The van der Waals surface area contributed by atoms with E-state index in [0.717, 1.165) is 4.57 Å². The average Bonchev–Trinajstić information content (AvgIpc) is 2.55. The Kier molecular flexibility index (Phi) is 3.97. The Balaban J connectivity index is 1.92. The molecule has 0 spiro atoms. The lowest BCUT2D eigenvalue weighted by molar-refractivity contribution is 0.386. The third-order valence-corrected chi connectivity index (χ3v) is 3.73. The van der Waals surface area contributed by atoms with E-state index in [9.17, 15) is 14.0 Å². The molecule has 5 nitrogen and oxygen atoms in total. The number of hydrogen-bond donors (Lipinski definition) is 1. The molecule has 3 rings (SSSR count). The molecule has 0 saturated carbocycles. The molecule has 23 heavy (non-hydrogen) atoms. The minimum atomic E-state index is -0.470. The predicted molar refractivity (Wildman–Crippen MR) is 85.5 cm³/mol. The molecule has 1 N–H and O–H groups in total. The van der Waals surface area contributed by atoms with Gasteiger partial charge in [0.1, 0.15) is 0 Å². The van der Waals surface area contributed by atoms with Crippen LogP contribution in [0.4, 0.5) is 4.39 Å². The summed E-state index contributed by atoms with van der Waals surface area (Å²) < 4.78 is 19.7. The summed E-state index contributed by atoms with van der Waals surface area (Å²) in [4.78, 5) is 27.1.